The van der Waals surface area contributed by atoms with E-state index in [1.165, 1.54) is 29.2 Å². The van der Waals surface area contributed by atoms with Gasteiger partial charge < -0.3 is 25.2 Å². The number of amides is 1. The number of piperazine rings is 1. The van der Waals surface area contributed by atoms with Gasteiger partial charge in [-0.25, -0.2) is 14.4 Å². The molecule has 2 N–H and O–H groups in total. The highest BCUT2D eigenvalue weighted by Crippen LogP contribution is 2.26. The van der Waals surface area contributed by atoms with E-state index < -0.39 is 5.82 Å². The minimum atomic E-state index is -0.413. The molecule has 5 rings (SSSR count). The van der Waals surface area contributed by atoms with Gasteiger partial charge in [-0.15, -0.1) is 0 Å². The summed E-state index contributed by atoms with van der Waals surface area (Å²) in [4.78, 5) is 25.9. The van der Waals surface area contributed by atoms with Crippen LogP contribution in [-0.2, 0) is 11.3 Å². The van der Waals surface area contributed by atoms with E-state index in [1.54, 1.807) is 18.5 Å². The van der Waals surface area contributed by atoms with Crippen molar-refractivity contribution in [1.82, 2.24) is 29.5 Å². The lowest BCUT2D eigenvalue weighted by Gasteiger charge is -2.33. The smallest absolute Gasteiger partial charge is 0.246 e. The maximum absolute atomic E-state index is 13.3. The van der Waals surface area contributed by atoms with Gasteiger partial charge >= 0.3 is 0 Å². The van der Waals surface area contributed by atoms with Crippen molar-refractivity contribution >= 4 is 34.0 Å². The highest BCUT2D eigenvalue weighted by Gasteiger charge is 2.15. The summed E-state index contributed by atoms with van der Waals surface area (Å²) in [7, 11) is 0. The van der Waals surface area contributed by atoms with E-state index in [0.717, 1.165) is 62.3 Å². The topological polar surface area (TPSA) is 100 Å². The predicted molar refractivity (Wildman–Crippen MR) is 148 cm³/mol. The van der Waals surface area contributed by atoms with Gasteiger partial charge in [0, 0.05) is 56.1 Å². The number of rotatable bonds is 11. The number of hydrogen-bond acceptors (Lipinski definition) is 8. The number of nitrogens with zero attached hydrogens (tertiary/aromatic N) is 6. The molecule has 0 saturated carbocycles. The molecule has 0 atom stereocenters. The average molecular weight is 532 g/mol. The number of anilines is 3. The maximum atomic E-state index is 13.3. The predicted octanol–water partition coefficient (Wildman–Crippen LogP) is 3.57. The Kier molecular flexibility index (Phi) is 8.59. The largest absolute Gasteiger partial charge is 0.493 e. The third kappa shape index (κ3) is 7.27. The zero-order valence-corrected chi connectivity index (χ0v) is 21.7. The molecule has 1 fully saturated rings. The van der Waals surface area contributed by atoms with Gasteiger partial charge in [-0.05, 0) is 50.2 Å². The average Bonchev–Trinajstić information content (AvgIpc) is 3.37. The fourth-order valence-corrected chi connectivity index (χ4v) is 4.51. The number of carbonyl (C=O) groups is 1. The second kappa shape index (κ2) is 12.6. The van der Waals surface area contributed by atoms with Crippen molar-refractivity contribution in [3.8, 4) is 5.75 Å². The van der Waals surface area contributed by atoms with Crippen molar-refractivity contribution < 1.29 is 13.9 Å². The first-order chi connectivity index (χ1) is 19.1. The number of carbonyl (C=O) groups excluding carboxylic acids is 1. The minimum Gasteiger partial charge on any atom is -0.493 e. The molecule has 11 heteroatoms. The van der Waals surface area contributed by atoms with E-state index in [2.05, 4.69) is 42.4 Å². The summed E-state index contributed by atoms with van der Waals surface area (Å²) in [5.41, 5.74) is 1.82. The third-order valence-corrected chi connectivity index (χ3v) is 6.59. The van der Waals surface area contributed by atoms with Crippen molar-refractivity contribution in [2.75, 3.05) is 56.5 Å². The highest BCUT2D eigenvalue weighted by molar-refractivity contribution is 5.92. The van der Waals surface area contributed by atoms with Crippen LogP contribution in [0, 0.1) is 12.7 Å². The van der Waals surface area contributed by atoms with Gasteiger partial charge in [0.25, 0.3) is 0 Å². The molecule has 3 heterocycles. The summed E-state index contributed by atoms with van der Waals surface area (Å²) < 4.78 is 20.8. The molecule has 39 heavy (non-hydrogen) atoms. The lowest BCUT2D eigenvalue weighted by atomic mass is 10.2. The molecule has 4 aromatic rings. The summed E-state index contributed by atoms with van der Waals surface area (Å²) in [5, 5.41) is 11.0. The molecule has 1 radical (unpaired) electrons. The molecule has 1 aliphatic rings. The minimum absolute atomic E-state index is 0.0180. The summed E-state index contributed by atoms with van der Waals surface area (Å²) in [6.07, 6.45) is 5.77. The highest BCUT2D eigenvalue weighted by atomic mass is 19.1. The zero-order valence-electron chi connectivity index (χ0n) is 21.7. The van der Waals surface area contributed by atoms with Crippen LogP contribution in [0.3, 0.4) is 0 Å². The Hall–Kier alpha value is -4.09. The van der Waals surface area contributed by atoms with Crippen LogP contribution in [0.25, 0.3) is 10.9 Å². The normalized spacial score (nSPS) is 14.4. The van der Waals surface area contributed by atoms with Crippen molar-refractivity contribution in [1.29, 1.82) is 0 Å². The van der Waals surface area contributed by atoms with Crippen LogP contribution in [0.1, 0.15) is 6.42 Å². The van der Waals surface area contributed by atoms with E-state index in [4.69, 9.17) is 4.74 Å². The van der Waals surface area contributed by atoms with Crippen molar-refractivity contribution in [2.45, 2.75) is 13.0 Å². The molecule has 1 saturated heterocycles. The molecule has 1 aliphatic heterocycles. The van der Waals surface area contributed by atoms with Crippen LogP contribution < -0.4 is 15.4 Å². The van der Waals surface area contributed by atoms with E-state index in [-0.39, 0.29) is 12.5 Å². The second-order valence-electron chi connectivity index (χ2n) is 9.40. The Labute approximate surface area is 226 Å². The third-order valence-electron chi connectivity index (χ3n) is 6.59. The number of halogens is 1. The van der Waals surface area contributed by atoms with E-state index in [1.807, 2.05) is 18.2 Å². The van der Waals surface area contributed by atoms with Crippen LogP contribution in [0.15, 0.2) is 61.2 Å². The van der Waals surface area contributed by atoms with Gasteiger partial charge in [0.15, 0.2) is 0 Å². The molecule has 1 amide bonds. The first-order valence-electron chi connectivity index (χ1n) is 13.0. The molecule has 0 bridgehead atoms. The number of hydrogen-bond donors (Lipinski definition) is 2. The Morgan fingerprint density at radius 3 is 2.72 bits per heavy atom. The number of benzene rings is 2. The first kappa shape index (κ1) is 26.5. The fourth-order valence-electron chi connectivity index (χ4n) is 4.51. The van der Waals surface area contributed by atoms with Gasteiger partial charge in [0.05, 0.1) is 24.0 Å². The first-order valence-corrected chi connectivity index (χ1v) is 13.0. The Morgan fingerprint density at radius 1 is 1.05 bits per heavy atom. The second-order valence-corrected chi connectivity index (χ2v) is 9.40. The van der Waals surface area contributed by atoms with Crippen molar-refractivity contribution in [3.05, 3.63) is 73.9 Å². The van der Waals surface area contributed by atoms with E-state index >= 15 is 0 Å². The van der Waals surface area contributed by atoms with Crippen molar-refractivity contribution in [3.63, 3.8) is 0 Å². The lowest BCUT2D eigenvalue weighted by Crippen LogP contribution is -2.46. The van der Waals surface area contributed by atoms with E-state index in [9.17, 15) is 9.18 Å². The molecular formula is C28H32FN8O2. The molecule has 10 nitrogen and oxygen atoms in total. The Balaban J connectivity index is 1.13. The quantitative estimate of drug-likeness (QED) is 0.284. The lowest BCUT2D eigenvalue weighted by molar-refractivity contribution is -0.116. The standard InChI is InChI=1S/C28H32FN8O2/c1-2-35-10-12-36(13-11-35)9-4-14-39-24-7-8-25-26(16-24)30-20-31-28(25)34-23-17-32-37(18-23)19-27(38)33-22-6-3-5-21(29)15-22/h3,5-8,15-18,20H,1-2,4,9-14,19H2,(H,33,38)(H,30,31,34). The monoisotopic (exact) mass is 531 g/mol. The zero-order chi connectivity index (χ0) is 27.0. The molecule has 0 spiro atoms. The van der Waals surface area contributed by atoms with Crippen LogP contribution >= 0.6 is 0 Å². The van der Waals surface area contributed by atoms with Gasteiger partial charge in [-0.2, -0.15) is 5.10 Å². The fraction of sp³-hybridized carbons (Fsp3) is 0.321. The summed E-state index contributed by atoms with van der Waals surface area (Å²) >= 11 is 0. The van der Waals surface area contributed by atoms with Crippen LogP contribution in [0.2, 0.25) is 0 Å². The molecule has 0 unspecified atom stereocenters. The number of ether oxygens (including phenoxy) is 1. The van der Waals surface area contributed by atoms with Crippen molar-refractivity contribution in [2.24, 2.45) is 0 Å². The molecule has 2 aromatic carbocycles. The molecule has 2 aromatic heterocycles. The summed E-state index contributed by atoms with van der Waals surface area (Å²) in [6, 6.07) is 11.5. The van der Waals surface area contributed by atoms with E-state index in [0.29, 0.717) is 23.8 Å². The van der Waals surface area contributed by atoms with Gasteiger partial charge in [0.2, 0.25) is 5.91 Å². The molecule has 0 aliphatic carbocycles. The Morgan fingerprint density at radius 2 is 1.90 bits per heavy atom. The van der Waals surface area contributed by atoms with Gasteiger partial charge in [-0.3, -0.25) is 9.48 Å². The van der Waals surface area contributed by atoms with Gasteiger partial charge in [0.1, 0.15) is 30.3 Å². The summed E-state index contributed by atoms with van der Waals surface area (Å²) in [5.74, 6) is 0.666. The number of nitrogens with one attached hydrogen (secondary N) is 2. The van der Waals surface area contributed by atoms with Gasteiger partial charge in [-0.1, -0.05) is 6.07 Å². The number of fused-ring (bicyclic) bond motifs is 1. The van der Waals surface area contributed by atoms with Crippen LogP contribution in [0.5, 0.6) is 5.75 Å². The van der Waals surface area contributed by atoms with Crippen LogP contribution in [0.4, 0.5) is 21.6 Å². The SMILES string of the molecule is [CH2]CN1CCN(CCCOc2ccc3c(Nc4cnn(CC(=O)Nc5cccc(F)c5)c4)ncnc3c2)CC1. The van der Waals surface area contributed by atoms with Crippen LogP contribution in [-0.4, -0.2) is 81.3 Å². The Bertz CT molecular complexity index is 1400. The molecule has 203 valence electrons. The summed E-state index contributed by atoms with van der Waals surface area (Å²) in [6.45, 7) is 10.8. The number of aromatic nitrogens is 4. The molecular weight excluding hydrogens is 499 g/mol. The maximum Gasteiger partial charge on any atom is 0.246 e.